The number of sulfone groups is 1. The minimum atomic E-state index is -3.38. The van der Waals surface area contributed by atoms with E-state index in [-0.39, 0.29) is 10.5 Å². The molecule has 5 heteroatoms. The molecule has 2 aromatic carbocycles. The van der Waals surface area contributed by atoms with E-state index >= 15 is 0 Å². The highest BCUT2D eigenvalue weighted by atomic mass is 32.2. The van der Waals surface area contributed by atoms with Crippen LogP contribution in [0, 0.1) is 0 Å². The number of benzene rings is 2. The number of hydrogen-bond donors (Lipinski definition) is 0. The van der Waals surface area contributed by atoms with Crippen molar-refractivity contribution in [2.75, 3.05) is 5.75 Å². The van der Waals surface area contributed by atoms with E-state index in [1.165, 1.54) is 0 Å². The predicted octanol–water partition coefficient (Wildman–Crippen LogP) is 4.15. The van der Waals surface area contributed by atoms with Crippen molar-refractivity contribution in [1.82, 2.24) is 0 Å². The van der Waals surface area contributed by atoms with Gasteiger partial charge in [0, 0.05) is 11.0 Å². The normalized spacial score (nSPS) is 18.7. The predicted molar refractivity (Wildman–Crippen MR) is 90.5 cm³/mol. The summed E-state index contributed by atoms with van der Waals surface area (Å²) >= 11 is 1.71. The third kappa shape index (κ3) is 3.15. The lowest BCUT2D eigenvalue weighted by Gasteiger charge is -2.17. The lowest BCUT2D eigenvalue weighted by atomic mass is 10.3. The van der Waals surface area contributed by atoms with Gasteiger partial charge in [0.25, 0.3) is 0 Å². The highest BCUT2D eigenvalue weighted by Crippen LogP contribution is 2.41. The van der Waals surface area contributed by atoms with Crippen LogP contribution in [0.15, 0.2) is 59.5 Å². The summed E-state index contributed by atoms with van der Waals surface area (Å²) in [6.45, 7) is 1.93. The summed E-state index contributed by atoms with van der Waals surface area (Å²) in [5, 5.41) is -0.113. The van der Waals surface area contributed by atoms with Gasteiger partial charge < -0.3 is 4.74 Å². The first-order valence-electron chi connectivity index (χ1n) is 7.30. The Morgan fingerprint density at radius 2 is 1.77 bits per heavy atom. The zero-order valence-electron chi connectivity index (χ0n) is 12.3. The first kappa shape index (κ1) is 15.4. The Morgan fingerprint density at radius 1 is 1.14 bits per heavy atom. The van der Waals surface area contributed by atoms with Crippen LogP contribution in [0.4, 0.5) is 0 Å². The quantitative estimate of drug-likeness (QED) is 0.745. The fraction of sp³-hybridized carbons (Fsp3) is 0.294. The Kier molecular flexibility index (Phi) is 4.45. The highest BCUT2D eigenvalue weighted by molar-refractivity contribution is 8.08. The molecule has 0 aromatic heterocycles. The second kappa shape index (κ2) is 6.34. The summed E-state index contributed by atoms with van der Waals surface area (Å²) in [7, 11) is -3.38. The van der Waals surface area contributed by atoms with Crippen LogP contribution in [0.1, 0.15) is 13.3 Å². The number of ether oxygens (including phenoxy) is 1. The monoisotopic (exact) mass is 334 g/mol. The molecule has 116 valence electrons. The van der Waals surface area contributed by atoms with Gasteiger partial charge in [-0.05, 0) is 30.7 Å². The number of rotatable bonds is 6. The van der Waals surface area contributed by atoms with Crippen LogP contribution < -0.4 is 4.74 Å². The molecule has 3 nitrogen and oxygen atoms in total. The molecular formula is C17H18O3S2. The molecule has 2 aromatic rings. The molecule has 0 radical (unpaired) electrons. The van der Waals surface area contributed by atoms with Gasteiger partial charge >= 0.3 is 0 Å². The van der Waals surface area contributed by atoms with Crippen LogP contribution in [-0.4, -0.2) is 24.7 Å². The zero-order valence-corrected chi connectivity index (χ0v) is 13.9. The Hall–Kier alpha value is -1.46. The molecule has 1 aliphatic rings. The van der Waals surface area contributed by atoms with Gasteiger partial charge in [0.2, 0.25) is 0 Å². The third-order valence-corrected chi connectivity index (χ3v) is 7.33. The van der Waals surface area contributed by atoms with Gasteiger partial charge in [-0.3, -0.25) is 0 Å². The van der Waals surface area contributed by atoms with Crippen LogP contribution in [0.2, 0.25) is 0 Å². The van der Waals surface area contributed by atoms with Gasteiger partial charge in [0.15, 0.2) is 9.84 Å². The maximum absolute atomic E-state index is 13.0. The molecule has 0 bridgehead atoms. The van der Waals surface area contributed by atoms with Gasteiger partial charge in [-0.15, -0.1) is 0 Å². The molecule has 2 atom stereocenters. The van der Waals surface area contributed by atoms with E-state index in [2.05, 4.69) is 0 Å². The van der Waals surface area contributed by atoms with Crippen molar-refractivity contribution in [3.05, 3.63) is 54.6 Å². The fourth-order valence-corrected chi connectivity index (χ4v) is 5.97. The Bertz CT molecular complexity index is 738. The number of thioether (sulfide) groups is 1. The van der Waals surface area contributed by atoms with E-state index < -0.39 is 9.84 Å². The maximum Gasteiger partial charge on any atom is 0.186 e. The first-order valence-corrected chi connectivity index (χ1v) is 9.90. The molecule has 0 N–H and O–H groups in total. The van der Waals surface area contributed by atoms with Crippen LogP contribution in [0.25, 0.3) is 0 Å². The summed E-state index contributed by atoms with van der Waals surface area (Å²) in [6.07, 6.45) is 0.625. The number of hydrogen-bond acceptors (Lipinski definition) is 4. The van der Waals surface area contributed by atoms with Crippen molar-refractivity contribution < 1.29 is 13.2 Å². The minimum absolute atomic E-state index is 0.222. The summed E-state index contributed by atoms with van der Waals surface area (Å²) in [6, 6.07) is 16.2. The van der Waals surface area contributed by atoms with Gasteiger partial charge in [-0.25, -0.2) is 8.42 Å². The van der Waals surface area contributed by atoms with Crippen LogP contribution in [-0.2, 0) is 9.84 Å². The molecule has 3 rings (SSSR count). The van der Waals surface area contributed by atoms with Crippen LogP contribution in [0.3, 0.4) is 0 Å². The Morgan fingerprint density at radius 3 is 2.41 bits per heavy atom. The van der Waals surface area contributed by atoms with E-state index in [1.54, 1.807) is 36.0 Å². The summed E-state index contributed by atoms with van der Waals surface area (Å²) in [5.74, 6) is 1.97. The number of para-hydroxylation sites is 2. The average Bonchev–Trinajstić information content (AvgIpc) is 3.34. The molecule has 1 heterocycles. The molecular weight excluding hydrogens is 316 g/mol. The lowest BCUT2D eigenvalue weighted by molar-refractivity contribution is 0.466. The summed E-state index contributed by atoms with van der Waals surface area (Å²) < 4.78 is 31.7. The van der Waals surface area contributed by atoms with E-state index in [1.807, 2.05) is 37.3 Å². The van der Waals surface area contributed by atoms with Crippen molar-refractivity contribution in [3.8, 4) is 11.5 Å². The third-order valence-electron chi connectivity index (χ3n) is 3.70. The topological polar surface area (TPSA) is 43.4 Å². The summed E-state index contributed by atoms with van der Waals surface area (Å²) in [4.78, 5) is 0.290. The zero-order chi connectivity index (χ0) is 15.6. The Balaban J connectivity index is 1.97. The molecule has 0 aliphatic carbocycles. The van der Waals surface area contributed by atoms with Crippen molar-refractivity contribution >= 4 is 21.6 Å². The average molecular weight is 334 g/mol. The van der Waals surface area contributed by atoms with Crippen molar-refractivity contribution in [2.24, 2.45) is 0 Å². The van der Waals surface area contributed by atoms with Crippen LogP contribution in [0.5, 0.6) is 11.5 Å². The smallest absolute Gasteiger partial charge is 0.186 e. The molecule has 0 spiro atoms. The molecule has 1 saturated heterocycles. The first-order chi connectivity index (χ1) is 10.6. The second-order valence-corrected chi connectivity index (χ2v) is 8.63. The van der Waals surface area contributed by atoms with Gasteiger partial charge in [-0.2, -0.15) is 11.8 Å². The Labute approximate surface area is 135 Å². The fourth-order valence-electron chi connectivity index (χ4n) is 2.50. The van der Waals surface area contributed by atoms with E-state index in [0.29, 0.717) is 22.8 Å². The summed E-state index contributed by atoms with van der Waals surface area (Å²) in [5.41, 5.74) is 0. The molecule has 1 fully saturated rings. The lowest BCUT2D eigenvalue weighted by Crippen LogP contribution is -2.26. The van der Waals surface area contributed by atoms with Crippen molar-refractivity contribution in [1.29, 1.82) is 0 Å². The maximum atomic E-state index is 13.0. The van der Waals surface area contributed by atoms with Crippen molar-refractivity contribution in [3.63, 3.8) is 0 Å². The molecule has 22 heavy (non-hydrogen) atoms. The van der Waals surface area contributed by atoms with E-state index in [0.717, 1.165) is 5.75 Å². The van der Waals surface area contributed by atoms with Gasteiger partial charge in [0.05, 0.1) is 5.25 Å². The van der Waals surface area contributed by atoms with Crippen molar-refractivity contribution in [2.45, 2.75) is 28.7 Å². The van der Waals surface area contributed by atoms with E-state index in [9.17, 15) is 8.42 Å². The standard InChI is InChI=1S/C17H18O3S2/c1-2-16(15-12-21-15)22(18,19)17-11-7-6-10-14(17)20-13-8-4-3-5-9-13/h3-11,15-16H,2,12H2,1H3. The minimum Gasteiger partial charge on any atom is -0.456 e. The SMILES string of the molecule is CCC(C1CS1)S(=O)(=O)c1ccccc1Oc1ccccc1. The van der Waals surface area contributed by atoms with Gasteiger partial charge in [0.1, 0.15) is 16.4 Å². The largest absolute Gasteiger partial charge is 0.456 e. The second-order valence-electron chi connectivity index (χ2n) is 5.23. The molecule has 0 amide bonds. The van der Waals surface area contributed by atoms with Crippen LogP contribution >= 0.6 is 11.8 Å². The van der Waals surface area contributed by atoms with E-state index in [4.69, 9.17) is 4.74 Å². The highest BCUT2D eigenvalue weighted by Gasteiger charge is 2.41. The van der Waals surface area contributed by atoms with Gasteiger partial charge in [-0.1, -0.05) is 37.3 Å². The molecule has 1 aliphatic heterocycles. The molecule has 0 saturated carbocycles. The molecule has 2 unspecified atom stereocenters.